The highest BCUT2D eigenvalue weighted by Crippen LogP contribution is 2.23. The van der Waals surface area contributed by atoms with Gasteiger partial charge in [-0.05, 0) is 55.5 Å². The van der Waals surface area contributed by atoms with Crippen LogP contribution in [-0.2, 0) is 6.54 Å². The number of rotatable bonds is 3. The Bertz CT molecular complexity index is 583. The molecule has 7 heteroatoms. The van der Waals surface area contributed by atoms with Gasteiger partial charge in [-0.25, -0.2) is 4.98 Å². The Morgan fingerprint density at radius 1 is 1.65 bits per heavy atom. The molecular formula is C10H9BrIN3OS. The number of aromatic nitrogens is 2. The van der Waals surface area contributed by atoms with Crippen LogP contribution >= 0.6 is 49.9 Å². The molecule has 90 valence electrons. The lowest BCUT2D eigenvalue weighted by Gasteiger charge is -2.17. The van der Waals surface area contributed by atoms with E-state index in [1.807, 2.05) is 34.5 Å². The molecule has 0 saturated heterocycles. The van der Waals surface area contributed by atoms with E-state index in [1.165, 1.54) is 11.9 Å². The van der Waals surface area contributed by atoms with E-state index >= 15 is 0 Å². The van der Waals surface area contributed by atoms with Crippen molar-refractivity contribution in [2.75, 3.05) is 11.9 Å². The molecule has 0 saturated carbocycles. The number of thiophene rings is 1. The number of nitrogens with one attached hydrogen (secondary N) is 1. The van der Waals surface area contributed by atoms with Gasteiger partial charge in [0.2, 0.25) is 0 Å². The molecule has 17 heavy (non-hydrogen) atoms. The summed E-state index contributed by atoms with van der Waals surface area (Å²) in [7, 11) is 1.93. The fourth-order valence-electron chi connectivity index (χ4n) is 1.42. The third-order valence-corrected chi connectivity index (χ3v) is 4.71. The first-order chi connectivity index (χ1) is 8.08. The van der Waals surface area contributed by atoms with Gasteiger partial charge in [0.15, 0.2) is 0 Å². The van der Waals surface area contributed by atoms with E-state index < -0.39 is 0 Å². The van der Waals surface area contributed by atoms with Gasteiger partial charge in [0, 0.05) is 13.6 Å². The van der Waals surface area contributed by atoms with Crippen LogP contribution in [0.3, 0.4) is 0 Å². The van der Waals surface area contributed by atoms with Crippen molar-refractivity contribution in [1.82, 2.24) is 9.97 Å². The summed E-state index contributed by atoms with van der Waals surface area (Å²) in [5.41, 5.74) is 1.09. The minimum atomic E-state index is -0.103. The lowest BCUT2D eigenvalue weighted by molar-refractivity contribution is 0.883. The summed E-state index contributed by atoms with van der Waals surface area (Å²) in [5.74, 6) is 0.705. The molecule has 0 unspecified atom stereocenters. The molecular weight excluding hydrogens is 417 g/mol. The zero-order valence-corrected chi connectivity index (χ0v) is 13.5. The average Bonchev–Trinajstić information content (AvgIpc) is 2.68. The van der Waals surface area contributed by atoms with Crippen molar-refractivity contribution in [2.24, 2.45) is 0 Å². The van der Waals surface area contributed by atoms with Crippen LogP contribution in [-0.4, -0.2) is 17.0 Å². The molecule has 0 fully saturated rings. The van der Waals surface area contributed by atoms with Crippen LogP contribution in [0, 0.1) is 3.57 Å². The van der Waals surface area contributed by atoms with Crippen molar-refractivity contribution in [3.63, 3.8) is 0 Å². The first-order valence-corrected chi connectivity index (χ1v) is 7.50. The van der Waals surface area contributed by atoms with E-state index in [4.69, 9.17) is 0 Å². The Balaban J connectivity index is 2.23. The second-order valence-corrected chi connectivity index (χ2v) is 6.85. The van der Waals surface area contributed by atoms with Gasteiger partial charge < -0.3 is 9.88 Å². The Morgan fingerprint density at radius 3 is 3.06 bits per heavy atom. The van der Waals surface area contributed by atoms with Crippen LogP contribution in [0.2, 0.25) is 0 Å². The van der Waals surface area contributed by atoms with Crippen LogP contribution in [0.15, 0.2) is 26.4 Å². The number of anilines is 1. The first-order valence-electron chi connectivity index (χ1n) is 4.75. The Hall–Kier alpha value is -0.410. The van der Waals surface area contributed by atoms with E-state index in [0.29, 0.717) is 9.39 Å². The van der Waals surface area contributed by atoms with E-state index in [2.05, 4.69) is 37.3 Å². The predicted molar refractivity (Wildman–Crippen MR) is 81.7 cm³/mol. The molecule has 0 aromatic carbocycles. The smallest absolute Gasteiger partial charge is 0.266 e. The number of aromatic amines is 1. The number of hydrogen-bond acceptors (Lipinski definition) is 4. The minimum absolute atomic E-state index is 0.103. The normalized spacial score (nSPS) is 10.5. The molecule has 0 aliphatic rings. The summed E-state index contributed by atoms with van der Waals surface area (Å²) in [6, 6.07) is 2.07. The molecule has 0 aliphatic heterocycles. The second-order valence-electron chi connectivity index (χ2n) is 3.48. The van der Waals surface area contributed by atoms with Crippen LogP contribution in [0.1, 0.15) is 5.56 Å². The minimum Gasteiger partial charge on any atom is -0.354 e. The predicted octanol–water partition coefficient (Wildman–Crippen LogP) is 2.83. The highest BCUT2D eigenvalue weighted by molar-refractivity contribution is 14.1. The van der Waals surface area contributed by atoms with E-state index in [-0.39, 0.29) is 5.56 Å². The van der Waals surface area contributed by atoms with Crippen LogP contribution in [0.4, 0.5) is 5.82 Å². The van der Waals surface area contributed by atoms with Gasteiger partial charge in [-0.2, -0.15) is 0 Å². The van der Waals surface area contributed by atoms with Gasteiger partial charge in [0.1, 0.15) is 9.39 Å². The maximum atomic E-state index is 11.5. The molecule has 0 spiro atoms. The van der Waals surface area contributed by atoms with Crippen molar-refractivity contribution in [3.8, 4) is 0 Å². The number of hydrogen-bond donors (Lipinski definition) is 1. The fourth-order valence-corrected chi connectivity index (χ4v) is 3.32. The standard InChI is InChI=1S/C10H9BrIN3OS/c1-15(3-6-2-7(11)17-4-6)9-8(12)10(16)14-5-13-9/h2,4-5H,3H2,1H3,(H,13,14,16). The van der Waals surface area contributed by atoms with Gasteiger partial charge in [-0.15, -0.1) is 11.3 Å². The van der Waals surface area contributed by atoms with Crippen LogP contribution < -0.4 is 10.5 Å². The highest BCUT2D eigenvalue weighted by atomic mass is 127. The summed E-state index contributed by atoms with van der Waals surface area (Å²) in [6.45, 7) is 0.731. The van der Waals surface area contributed by atoms with Crippen molar-refractivity contribution in [1.29, 1.82) is 0 Å². The lowest BCUT2D eigenvalue weighted by Crippen LogP contribution is -2.23. The van der Waals surface area contributed by atoms with Crippen molar-refractivity contribution < 1.29 is 0 Å². The average molecular weight is 426 g/mol. The van der Waals surface area contributed by atoms with E-state index in [9.17, 15) is 4.79 Å². The topological polar surface area (TPSA) is 49.0 Å². The molecule has 0 radical (unpaired) electrons. The summed E-state index contributed by atoms with van der Waals surface area (Å²) in [6.07, 6.45) is 1.43. The maximum absolute atomic E-state index is 11.5. The molecule has 4 nitrogen and oxygen atoms in total. The number of nitrogens with zero attached hydrogens (tertiary/aromatic N) is 2. The van der Waals surface area contributed by atoms with Gasteiger partial charge in [-0.3, -0.25) is 4.79 Å². The monoisotopic (exact) mass is 425 g/mol. The maximum Gasteiger partial charge on any atom is 0.266 e. The zero-order valence-electron chi connectivity index (χ0n) is 8.91. The fraction of sp³-hybridized carbons (Fsp3) is 0.200. The van der Waals surface area contributed by atoms with Crippen molar-refractivity contribution in [3.05, 3.63) is 41.0 Å². The highest BCUT2D eigenvalue weighted by Gasteiger charge is 2.11. The zero-order chi connectivity index (χ0) is 12.4. The third kappa shape index (κ3) is 3.08. The third-order valence-electron chi connectivity index (χ3n) is 2.18. The molecule has 0 bridgehead atoms. The summed E-state index contributed by atoms with van der Waals surface area (Å²) >= 11 is 7.09. The Kier molecular flexibility index (Phi) is 4.21. The van der Waals surface area contributed by atoms with Gasteiger partial charge in [0.25, 0.3) is 5.56 Å². The lowest BCUT2D eigenvalue weighted by atomic mass is 10.3. The van der Waals surface area contributed by atoms with Crippen LogP contribution in [0.25, 0.3) is 0 Å². The Morgan fingerprint density at radius 2 is 2.41 bits per heavy atom. The van der Waals surface area contributed by atoms with Gasteiger partial charge in [-0.1, -0.05) is 0 Å². The van der Waals surface area contributed by atoms with E-state index in [1.54, 1.807) is 11.3 Å². The first kappa shape index (κ1) is 13.0. The number of H-pyrrole nitrogens is 1. The largest absolute Gasteiger partial charge is 0.354 e. The summed E-state index contributed by atoms with van der Waals surface area (Å²) in [5, 5.41) is 2.08. The van der Waals surface area contributed by atoms with Crippen molar-refractivity contribution >= 4 is 55.7 Å². The molecule has 0 aliphatic carbocycles. The van der Waals surface area contributed by atoms with Crippen molar-refractivity contribution in [2.45, 2.75) is 6.54 Å². The molecule has 1 N–H and O–H groups in total. The quantitative estimate of drug-likeness (QED) is 0.769. The Labute approximate surface area is 124 Å². The molecule has 2 aromatic heterocycles. The molecule has 2 rings (SSSR count). The molecule has 0 amide bonds. The SMILES string of the molecule is CN(Cc1csc(Br)c1)c1nc[nH]c(=O)c1I. The van der Waals surface area contributed by atoms with E-state index in [0.717, 1.165) is 10.3 Å². The van der Waals surface area contributed by atoms with Crippen LogP contribution in [0.5, 0.6) is 0 Å². The second kappa shape index (κ2) is 5.49. The molecule has 2 aromatic rings. The molecule has 2 heterocycles. The van der Waals surface area contributed by atoms with Gasteiger partial charge >= 0.3 is 0 Å². The summed E-state index contributed by atoms with van der Waals surface area (Å²) < 4.78 is 1.72. The summed E-state index contributed by atoms with van der Waals surface area (Å²) in [4.78, 5) is 20.2. The number of halogens is 2. The van der Waals surface area contributed by atoms with Gasteiger partial charge in [0.05, 0.1) is 10.1 Å². The molecule has 0 atom stereocenters.